The number of carbonyl (C=O) groups is 1. The van der Waals surface area contributed by atoms with Crippen molar-refractivity contribution in [3.05, 3.63) is 47.7 Å². The Morgan fingerprint density at radius 3 is 2.48 bits per heavy atom. The Morgan fingerprint density at radius 2 is 1.96 bits per heavy atom. The van der Waals surface area contributed by atoms with Gasteiger partial charge in [-0.25, -0.2) is 10.8 Å². The summed E-state index contributed by atoms with van der Waals surface area (Å²) in [6.45, 7) is 3.53. The molecule has 0 saturated carbocycles. The first-order valence-electron chi connectivity index (χ1n) is 7.45. The van der Waals surface area contributed by atoms with Gasteiger partial charge < -0.3 is 15.6 Å². The number of hydrazine groups is 1. The first kappa shape index (κ1) is 16.9. The molecule has 0 radical (unpaired) electrons. The van der Waals surface area contributed by atoms with Crippen LogP contribution in [0.1, 0.15) is 30.9 Å². The van der Waals surface area contributed by atoms with E-state index in [1.165, 1.54) is 5.01 Å². The van der Waals surface area contributed by atoms with Crippen molar-refractivity contribution in [1.82, 2.24) is 4.98 Å². The Balaban J connectivity index is 2.22. The smallest absolute Gasteiger partial charge is 0.170 e. The molecule has 0 aliphatic carbocycles. The Hall–Kier alpha value is -2.44. The average molecular weight is 314 g/mol. The molecule has 1 aromatic carbocycles. The molecule has 2 unspecified atom stereocenters. The van der Waals surface area contributed by atoms with Gasteiger partial charge in [-0.1, -0.05) is 19.1 Å². The van der Waals surface area contributed by atoms with Gasteiger partial charge in [0.25, 0.3) is 0 Å². The van der Waals surface area contributed by atoms with E-state index in [2.05, 4.69) is 4.98 Å². The van der Waals surface area contributed by atoms with Crippen LogP contribution >= 0.6 is 0 Å². The quantitative estimate of drug-likeness (QED) is 0.427. The van der Waals surface area contributed by atoms with Crippen molar-refractivity contribution < 1.29 is 9.90 Å². The van der Waals surface area contributed by atoms with E-state index in [0.29, 0.717) is 17.9 Å². The topological polar surface area (TPSA) is 105 Å². The Morgan fingerprint density at radius 1 is 1.30 bits per heavy atom. The number of aromatic nitrogens is 1. The van der Waals surface area contributed by atoms with Crippen LogP contribution in [0, 0.1) is 0 Å². The predicted octanol–water partition coefficient (Wildman–Crippen LogP) is 1.90. The number of hydrogen-bond donors (Lipinski definition) is 3. The number of aliphatic hydroxyl groups excluding tert-OH is 1. The minimum absolute atomic E-state index is 0.259. The first-order chi connectivity index (χ1) is 10.9. The van der Waals surface area contributed by atoms with Crippen molar-refractivity contribution >= 4 is 23.5 Å². The van der Waals surface area contributed by atoms with Gasteiger partial charge in [-0.2, -0.15) is 0 Å². The molecule has 0 aliphatic rings. The zero-order valence-corrected chi connectivity index (χ0v) is 13.3. The fourth-order valence-corrected chi connectivity index (χ4v) is 2.28. The highest BCUT2D eigenvalue weighted by molar-refractivity contribution is 5.72. The van der Waals surface area contributed by atoms with Crippen molar-refractivity contribution in [3.8, 4) is 0 Å². The maximum Gasteiger partial charge on any atom is 0.170 e. The molecule has 0 saturated heterocycles. The van der Waals surface area contributed by atoms with E-state index in [4.69, 9.17) is 11.6 Å². The third-order valence-electron chi connectivity index (χ3n) is 3.62. The first-order valence-corrected chi connectivity index (χ1v) is 7.45. The van der Waals surface area contributed by atoms with Gasteiger partial charge >= 0.3 is 0 Å². The summed E-state index contributed by atoms with van der Waals surface area (Å²) in [5.74, 6) is 6.27. The number of aldehydes is 1. The lowest BCUT2D eigenvalue weighted by Gasteiger charge is -2.20. The summed E-state index contributed by atoms with van der Waals surface area (Å²) in [4.78, 5) is 15.1. The minimum Gasteiger partial charge on any atom is -0.396 e. The molecule has 5 N–H and O–H groups in total. The van der Waals surface area contributed by atoms with Gasteiger partial charge in [0, 0.05) is 12.1 Å². The fraction of sp³-hybridized carbons (Fsp3) is 0.294. The van der Waals surface area contributed by atoms with Crippen LogP contribution < -0.4 is 16.6 Å². The molecular weight excluding hydrogens is 292 g/mol. The van der Waals surface area contributed by atoms with Crippen molar-refractivity contribution in [2.75, 3.05) is 10.7 Å². The van der Waals surface area contributed by atoms with E-state index < -0.39 is 0 Å². The summed E-state index contributed by atoms with van der Waals surface area (Å²) >= 11 is 0. The molecule has 0 amide bonds. The molecule has 2 atom stereocenters. The largest absolute Gasteiger partial charge is 0.396 e. The van der Waals surface area contributed by atoms with Gasteiger partial charge in [0.05, 0.1) is 17.5 Å². The lowest BCUT2D eigenvalue weighted by Crippen LogP contribution is -2.27. The fourth-order valence-electron chi connectivity index (χ4n) is 2.28. The number of benzene rings is 1. The molecule has 6 nitrogen and oxygen atoms in total. The number of rotatable bonds is 6. The predicted molar refractivity (Wildman–Crippen MR) is 91.3 cm³/mol. The van der Waals surface area contributed by atoms with E-state index in [1.54, 1.807) is 26.1 Å². The molecule has 2 rings (SSSR count). The lowest BCUT2D eigenvalue weighted by atomic mass is 10.0. The molecule has 1 aromatic heterocycles. The van der Waals surface area contributed by atoms with Crippen molar-refractivity contribution in [2.24, 2.45) is 5.84 Å². The van der Waals surface area contributed by atoms with E-state index in [0.717, 1.165) is 23.1 Å². The van der Waals surface area contributed by atoms with Crippen LogP contribution in [0.3, 0.4) is 0 Å². The van der Waals surface area contributed by atoms with Gasteiger partial charge in [0.2, 0.25) is 0 Å². The molecule has 0 spiro atoms. The van der Waals surface area contributed by atoms with Crippen molar-refractivity contribution in [1.29, 1.82) is 0 Å². The van der Waals surface area contributed by atoms with E-state index in [9.17, 15) is 9.90 Å². The molecule has 0 fully saturated rings. The number of aliphatic hydroxyl groups is 1. The lowest BCUT2D eigenvalue weighted by molar-refractivity contribution is -0.108. The number of nitrogen functional groups attached to an aromatic ring is 1. The van der Waals surface area contributed by atoms with Gasteiger partial charge in [0.15, 0.2) is 5.82 Å². The van der Waals surface area contributed by atoms with Crippen LogP contribution in [0.5, 0.6) is 0 Å². The normalized spacial score (nSPS) is 13.4. The number of nitrogens with zero attached hydrogens (tertiary/aromatic N) is 2. The Labute approximate surface area is 135 Å². The van der Waals surface area contributed by atoms with E-state index in [1.807, 2.05) is 24.3 Å². The SMILES string of the molecule is CC(O)Cc1ccc(N(N)c2ncc(C(C)C=O)cc2N)cc1. The second-order valence-electron chi connectivity index (χ2n) is 5.70. The summed E-state index contributed by atoms with van der Waals surface area (Å²) in [6, 6.07) is 9.21. The number of pyridine rings is 1. The second-order valence-corrected chi connectivity index (χ2v) is 5.70. The van der Waals surface area contributed by atoms with Gasteiger partial charge in [0.1, 0.15) is 6.29 Å². The molecule has 23 heavy (non-hydrogen) atoms. The third kappa shape index (κ3) is 4.06. The molecule has 0 aliphatic heterocycles. The van der Waals surface area contributed by atoms with Gasteiger partial charge in [-0.3, -0.25) is 5.01 Å². The number of carbonyl (C=O) groups excluding carboxylic acids is 1. The summed E-state index contributed by atoms with van der Waals surface area (Å²) in [5.41, 5.74) is 8.93. The third-order valence-corrected chi connectivity index (χ3v) is 3.62. The zero-order valence-electron chi connectivity index (χ0n) is 13.3. The van der Waals surface area contributed by atoms with Crippen LogP contribution in [-0.2, 0) is 11.2 Å². The van der Waals surface area contributed by atoms with Gasteiger partial charge in [-0.15, -0.1) is 0 Å². The standard InChI is InChI=1S/C17H22N4O2/c1-11(10-22)14-8-16(18)17(20-9-14)21(19)15-5-3-13(4-6-15)7-12(2)23/h3-6,8-12,23H,7,18-19H2,1-2H3. The maximum absolute atomic E-state index is 10.8. The van der Waals surface area contributed by atoms with E-state index >= 15 is 0 Å². The highest BCUT2D eigenvalue weighted by Crippen LogP contribution is 2.27. The van der Waals surface area contributed by atoms with Crippen LogP contribution in [0.15, 0.2) is 36.5 Å². The maximum atomic E-state index is 10.8. The molecule has 0 bridgehead atoms. The zero-order chi connectivity index (χ0) is 17.0. The molecule has 6 heteroatoms. The highest BCUT2D eigenvalue weighted by atomic mass is 16.3. The van der Waals surface area contributed by atoms with E-state index in [-0.39, 0.29) is 12.0 Å². The van der Waals surface area contributed by atoms with Crippen LogP contribution in [-0.4, -0.2) is 22.5 Å². The van der Waals surface area contributed by atoms with Crippen LogP contribution in [0.2, 0.25) is 0 Å². The van der Waals surface area contributed by atoms with Crippen LogP contribution in [0.4, 0.5) is 17.2 Å². The summed E-state index contributed by atoms with van der Waals surface area (Å²) in [6.07, 6.45) is 2.65. The minimum atomic E-state index is -0.389. The number of nitrogens with two attached hydrogens (primary N) is 2. The number of anilines is 3. The monoisotopic (exact) mass is 314 g/mol. The summed E-state index contributed by atoms with van der Waals surface area (Å²) in [5, 5.41) is 10.8. The Kier molecular flexibility index (Phi) is 5.31. The molecule has 2 aromatic rings. The van der Waals surface area contributed by atoms with Crippen molar-refractivity contribution in [3.63, 3.8) is 0 Å². The molecule has 1 heterocycles. The molecule has 122 valence electrons. The average Bonchev–Trinajstić information content (AvgIpc) is 2.53. The molecular formula is C17H22N4O2. The summed E-state index contributed by atoms with van der Waals surface area (Å²) in [7, 11) is 0. The highest BCUT2D eigenvalue weighted by Gasteiger charge is 2.13. The number of hydrogen-bond acceptors (Lipinski definition) is 6. The van der Waals surface area contributed by atoms with Crippen LogP contribution in [0.25, 0.3) is 0 Å². The van der Waals surface area contributed by atoms with Gasteiger partial charge in [-0.05, 0) is 42.7 Å². The Bertz CT molecular complexity index is 671. The summed E-state index contributed by atoms with van der Waals surface area (Å²) < 4.78 is 0. The second kappa shape index (κ2) is 7.21. The van der Waals surface area contributed by atoms with Crippen molar-refractivity contribution in [2.45, 2.75) is 32.3 Å².